The molecule has 1 unspecified atom stereocenters. The number of hydrogen-bond acceptors (Lipinski definition) is 4. The number of unbranched alkanes of at least 4 members (excludes halogenated alkanes) is 7. The van der Waals surface area contributed by atoms with Gasteiger partial charge in [-0.1, -0.05) is 57.9 Å². The van der Waals surface area contributed by atoms with Crippen LogP contribution in [0.4, 0.5) is 8.78 Å². The molecule has 1 heterocycles. The maximum atomic E-state index is 14.3. The highest BCUT2D eigenvalue weighted by atomic mass is 19.1. The highest BCUT2D eigenvalue weighted by molar-refractivity contribution is 5.25. The van der Waals surface area contributed by atoms with Crippen LogP contribution in [0, 0.1) is 11.6 Å². The van der Waals surface area contributed by atoms with Crippen molar-refractivity contribution >= 4 is 0 Å². The van der Waals surface area contributed by atoms with Gasteiger partial charge < -0.3 is 10.4 Å². The van der Waals surface area contributed by atoms with Gasteiger partial charge in [-0.15, -0.1) is 0 Å². The molecule has 0 fully saturated rings. The van der Waals surface area contributed by atoms with Crippen LogP contribution in [-0.4, -0.2) is 33.0 Å². The summed E-state index contributed by atoms with van der Waals surface area (Å²) in [6.07, 6.45) is 12.6. The van der Waals surface area contributed by atoms with Crippen LogP contribution in [0.3, 0.4) is 0 Å². The Morgan fingerprint density at radius 1 is 1.07 bits per heavy atom. The highest BCUT2D eigenvalue weighted by Crippen LogP contribution is 2.26. The Balaban J connectivity index is 1.83. The molecular formula is C21H32F2N4O. The molecule has 0 bridgehead atoms. The first-order valence-electron chi connectivity index (χ1n) is 10.3. The summed E-state index contributed by atoms with van der Waals surface area (Å²) < 4.78 is 29.0. The third-order valence-corrected chi connectivity index (χ3v) is 4.95. The van der Waals surface area contributed by atoms with Gasteiger partial charge in [-0.3, -0.25) is 0 Å². The third kappa shape index (κ3) is 7.28. The van der Waals surface area contributed by atoms with Gasteiger partial charge >= 0.3 is 0 Å². The largest absolute Gasteiger partial charge is 0.382 e. The number of aromatic nitrogens is 3. The van der Waals surface area contributed by atoms with Crippen molar-refractivity contribution in [2.45, 2.75) is 70.4 Å². The van der Waals surface area contributed by atoms with Gasteiger partial charge in [-0.2, -0.15) is 5.10 Å². The SMILES string of the molecule is CCCCCCCCCCNCC(O)(Cn1cncn1)c1ccc(F)cc1F. The Labute approximate surface area is 166 Å². The Bertz CT molecular complexity index is 681. The summed E-state index contributed by atoms with van der Waals surface area (Å²) in [6, 6.07) is 3.24. The third-order valence-electron chi connectivity index (χ3n) is 4.95. The lowest BCUT2D eigenvalue weighted by molar-refractivity contribution is 0.0121. The summed E-state index contributed by atoms with van der Waals surface area (Å²) in [7, 11) is 0. The van der Waals surface area contributed by atoms with Crippen LogP contribution in [-0.2, 0) is 12.1 Å². The molecule has 0 aliphatic carbocycles. The average molecular weight is 395 g/mol. The highest BCUT2D eigenvalue weighted by Gasteiger charge is 2.33. The Hall–Kier alpha value is -1.86. The first-order valence-corrected chi connectivity index (χ1v) is 10.3. The van der Waals surface area contributed by atoms with Crippen LogP contribution in [0.5, 0.6) is 0 Å². The van der Waals surface area contributed by atoms with Gasteiger partial charge in [0.25, 0.3) is 0 Å². The van der Waals surface area contributed by atoms with Gasteiger partial charge in [0.1, 0.15) is 29.9 Å². The van der Waals surface area contributed by atoms with Gasteiger partial charge in [0.15, 0.2) is 0 Å². The Morgan fingerprint density at radius 2 is 1.79 bits per heavy atom. The molecule has 0 aliphatic rings. The minimum Gasteiger partial charge on any atom is -0.382 e. The predicted octanol–water partition coefficient (Wildman–Crippen LogP) is 4.17. The molecule has 1 aromatic heterocycles. The molecule has 2 aromatic rings. The van der Waals surface area contributed by atoms with Gasteiger partial charge in [0, 0.05) is 18.2 Å². The molecule has 156 valence electrons. The number of benzene rings is 1. The van der Waals surface area contributed by atoms with Crippen molar-refractivity contribution in [3.8, 4) is 0 Å². The Kier molecular flexibility index (Phi) is 9.50. The monoisotopic (exact) mass is 394 g/mol. The zero-order chi connectivity index (χ0) is 20.2. The summed E-state index contributed by atoms with van der Waals surface area (Å²) >= 11 is 0. The van der Waals surface area contributed by atoms with E-state index in [1.54, 1.807) is 0 Å². The number of aliphatic hydroxyl groups is 1. The van der Waals surface area contributed by atoms with Gasteiger partial charge in [0.2, 0.25) is 0 Å². The van der Waals surface area contributed by atoms with E-state index in [0.29, 0.717) is 0 Å². The van der Waals surface area contributed by atoms with Crippen LogP contribution in [0.2, 0.25) is 0 Å². The summed E-state index contributed by atoms with van der Waals surface area (Å²) in [5.74, 6) is -1.44. The molecule has 0 radical (unpaired) electrons. The van der Waals surface area contributed by atoms with Crippen molar-refractivity contribution in [2.75, 3.05) is 13.1 Å². The fourth-order valence-electron chi connectivity index (χ4n) is 3.36. The van der Waals surface area contributed by atoms with Crippen molar-refractivity contribution in [1.29, 1.82) is 0 Å². The number of halogens is 2. The van der Waals surface area contributed by atoms with E-state index in [0.717, 1.165) is 31.5 Å². The minimum absolute atomic E-state index is 0.0278. The van der Waals surface area contributed by atoms with Crippen molar-refractivity contribution in [3.05, 3.63) is 48.1 Å². The van der Waals surface area contributed by atoms with E-state index < -0.39 is 17.2 Å². The first kappa shape index (κ1) is 22.4. The van der Waals surface area contributed by atoms with E-state index >= 15 is 0 Å². The second kappa shape index (κ2) is 11.9. The number of nitrogens with one attached hydrogen (secondary N) is 1. The number of hydrogen-bond donors (Lipinski definition) is 2. The molecule has 0 amide bonds. The zero-order valence-electron chi connectivity index (χ0n) is 16.7. The normalized spacial score (nSPS) is 13.6. The van der Waals surface area contributed by atoms with Gasteiger partial charge in [0.05, 0.1) is 6.54 Å². The number of rotatable bonds is 14. The fourth-order valence-corrected chi connectivity index (χ4v) is 3.36. The average Bonchev–Trinajstić information content (AvgIpc) is 3.16. The van der Waals surface area contributed by atoms with E-state index in [2.05, 4.69) is 22.3 Å². The fraction of sp³-hybridized carbons (Fsp3) is 0.619. The number of nitrogens with zero attached hydrogens (tertiary/aromatic N) is 3. The first-order chi connectivity index (χ1) is 13.5. The van der Waals surface area contributed by atoms with Gasteiger partial charge in [-0.05, 0) is 19.0 Å². The molecule has 0 spiro atoms. The van der Waals surface area contributed by atoms with E-state index in [1.807, 2.05) is 0 Å². The topological polar surface area (TPSA) is 63.0 Å². The van der Waals surface area contributed by atoms with Crippen LogP contribution >= 0.6 is 0 Å². The second-order valence-electron chi connectivity index (χ2n) is 7.40. The second-order valence-corrected chi connectivity index (χ2v) is 7.40. The summed E-state index contributed by atoms with van der Waals surface area (Å²) in [5.41, 5.74) is -1.50. The molecule has 0 saturated carbocycles. The quantitative estimate of drug-likeness (QED) is 0.472. The lowest BCUT2D eigenvalue weighted by atomic mass is 9.92. The molecule has 0 saturated heterocycles. The minimum atomic E-state index is -1.55. The molecule has 0 aliphatic heterocycles. The smallest absolute Gasteiger partial charge is 0.137 e. The molecule has 5 nitrogen and oxygen atoms in total. The molecular weight excluding hydrogens is 362 g/mol. The standard InChI is InChI=1S/C21H32F2N4O/c1-2-3-4-5-6-7-8-9-12-24-14-21(28,15-27-17-25-16-26-27)19-11-10-18(22)13-20(19)23/h10-11,13,16-17,24,28H,2-9,12,14-15H2,1H3. The van der Waals surface area contributed by atoms with Gasteiger partial charge in [-0.25, -0.2) is 18.4 Å². The van der Waals surface area contributed by atoms with E-state index in [9.17, 15) is 13.9 Å². The van der Waals surface area contributed by atoms with Crippen LogP contribution in [0.25, 0.3) is 0 Å². The maximum Gasteiger partial charge on any atom is 0.137 e. The lowest BCUT2D eigenvalue weighted by Crippen LogP contribution is -2.43. The van der Waals surface area contributed by atoms with Crippen LogP contribution < -0.4 is 5.32 Å². The molecule has 2 N–H and O–H groups in total. The van der Waals surface area contributed by atoms with E-state index in [1.165, 1.54) is 61.9 Å². The van der Waals surface area contributed by atoms with Crippen LogP contribution in [0.15, 0.2) is 30.9 Å². The predicted molar refractivity (Wildman–Crippen MR) is 106 cm³/mol. The van der Waals surface area contributed by atoms with E-state index in [4.69, 9.17) is 0 Å². The van der Waals surface area contributed by atoms with Crippen molar-refractivity contribution in [3.63, 3.8) is 0 Å². The van der Waals surface area contributed by atoms with Crippen LogP contribution in [0.1, 0.15) is 63.9 Å². The molecule has 2 rings (SSSR count). The van der Waals surface area contributed by atoms with E-state index in [-0.39, 0.29) is 18.7 Å². The maximum absolute atomic E-state index is 14.3. The Morgan fingerprint density at radius 3 is 2.43 bits per heavy atom. The zero-order valence-corrected chi connectivity index (χ0v) is 16.7. The summed E-state index contributed by atoms with van der Waals surface area (Å²) in [4.78, 5) is 3.86. The molecule has 1 atom stereocenters. The molecule has 28 heavy (non-hydrogen) atoms. The lowest BCUT2D eigenvalue weighted by Gasteiger charge is -2.29. The van der Waals surface area contributed by atoms with Crippen molar-refractivity contribution < 1.29 is 13.9 Å². The van der Waals surface area contributed by atoms with Crippen molar-refractivity contribution in [1.82, 2.24) is 20.1 Å². The summed E-state index contributed by atoms with van der Waals surface area (Å²) in [5, 5.41) is 18.3. The molecule has 1 aromatic carbocycles. The molecule has 7 heteroatoms. The van der Waals surface area contributed by atoms with Crippen molar-refractivity contribution in [2.24, 2.45) is 0 Å². The summed E-state index contributed by atoms with van der Waals surface area (Å²) in [6.45, 7) is 3.12.